The lowest BCUT2D eigenvalue weighted by Gasteiger charge is -2.21. The summed E-state index contributed by atoms with van der Waals surface area (Å²) in [7, 11) is 0. The fraction of sp³-hybridized carbons (Fsp3) is 0.556. The summed E-state index contributed by atoms with van der Waals surface area (Å²) in [4.78, 5) is 7.63. The fourth-order valence-electron chi connectivity index (χ4n) is 0.684. The zero-order valence-electron chi connectivity index (χ0n) is 7.90. The molecule has 0 saturated heterocycles. The van der Waals surface area contributed by atoms with Gasteiger partial charge in [0.25, 0.3) is 0 Å². The second-order valence-electron chi connectivity index (χ2n) is 3.69. The molecule has 0 aromatic carbocycles. The van der Waals surface area contributed by atoms with E-state index in [4.69, 9.17) is 9.84 Å². The molecule has 0 fully saturated rings. The number of aliphatic hydroxyl groups is 1. The van der Waals surface area contributed by atoms with Crippen LogP contribution in [-0.4, -0.2) is 28.3 Å². The van der Waals surface area contributed by atoms with Crippen molar-refractivity contribution in [2.24, 2.45) is 5.41 Å². The van der Waals surface area contributed by atoms with Crippen molar-refractivity contribution in [2.75, 3.05) is 13.2 Å². The van der Waals surface area contributed by atoms with Gasteiger partial charge in [0.1, 0.15) is 6.33 Å². The Hall–Kier alpha value is -1.16. The van der Waals surface area contributed by atoms with Crippen molar-refractivity contribution in [3.8, 4) is 5.75 Å². The van der Waals surface area contributed by atoms with Gasteiger partial charge in [-0.2, -0.15) is 0 Å². The summed E-state index contributed by atoms with van der Waals surface area (Å²) in [6.07, 6.45) is 4.64. The predicted molar refractivity (Wildman–Crippen MR) is 48.4 cm³/mol. The van der Waals surface area contributed by atoms with Gasteiger partial charge in [-0.3, -0.25) is 0 Å². The van der Waals surface area contributed by atoms with Crippen LogP contribution < -0.4 is 4.74 Å². The maximum absolute atomic E-state index is 8.96. The van der Waals surface area contributed by atoms with Crippen LogP contribution in [0, 0.1) is 5.41 Å². The third kappa shape index (κ3) is 3.38. The van der Waals surface area contributed by atoms with Gasteiger partial charge in [-0.05, 0) is 0 Å². The topological polar surface area (TPSA) is 55.2 Å². The maximum Gasteiger partial charge on any atom is 0.155 e. The molecule has 0 aliphatic heterocycles. The van der Waals surface area contributed by atoms with E-state index in [9.17, 15) is 0 Å². The average Bonchev–Trinajstić information content (AvgIpc) is 2.17. The molecule has 13 heavy (non-hydrogen) atoms. The number of hydrogen-bond acceptors (Lipinski definition) is 4. The lowest BCUT2D eigenvalue weighted by Crippen LogP contribution is -2.25. The van der Waals surface area contributed by atoms with Crippen molar-refractivity contribution in [3.63, 3.8) is 0 Å². The largest absolute Gasteiger partial charge is 0.490 e. The third-order valence-corrected chi connectivity index (χ3v) is 1.59. The molecule has 4 nitrogen and oxygen atoms in total. The van der Waals surface area contributed by atoms with E-state index in [0.717, 1.165) is 0 Å². The molecule has 0 radical (unpaired) electrons. The number of aliphatic hydroxyl groups excluding tert-OH is 1. The molecule has 0 saturated carbocycles. The summed E-state index contributed by atoms with van der Waals surface area (Å²) in [5.74, 6) is 0.629. The molecule has 72 valence electrons. The highest BCUT2D eigenvalue weighted by Gasteiger charge is 2.17. The van der Waals surface area contributed by atoms with Crippen LogP contribution in [0.3, 0.4) is 0 Å². The summed E-state index contributed by atoms with van der Waals surface area (Å²) in [5, 5.41) is 8.96. The molecule has 0 unspecified atom stereocenters. The van der Waals surface area contributed by atoms with E-state index in [1.165, 1.54) is 6.33 Å². The van der Waals surface area contributed by atoms with Crippen molar-refractivity contribution < 1.29 is 9.84 Å². The van der Waals surface area contributed by atoms with Crippen LogP contribution in [0.15, 0.2) is 18.7 Å². The van der Waals surface area contributed by atoms with E-state index in [-0.39, 0.29) is 12.0 Å². The minimum atomic E-state index is -0.226. The molecule has 0 spiro atoms. The van der Waals surface area contributed by atoms with Crippen LogP contribution in [0.4, 0.5) is 0 Å². The number of aromatic nitrogens is 2. The molecule has 1 aromatic rings. The molecule has 4 heteroatoms. The maximum atomic E-state index is 8.96. The monoisotopic (exact) mass is 182 g/mol. The van der Waals surface area contributed by atoms with Crippen molar-refractivity contribution in [3.05, 3.63) is 18.7 Å². The highest BCUT2D eigenvalue weighted by atomic mass is 16.5. The van der Waals surface area contributed by atoms with E-state index >= 15 is 0 Å². The number of hydrogen-bond donors (Lipinski definition) is 1. The van der Waals surface area contributed by atoms with Crippen molar-refractivity contribution in [1.82, 2.24) is 9.97 Å². The van der Waals surface area contributed by atoms with Gasteiger partial charge in [-0.25, -0.2) is 9.97 Å². The number of ether oxygens (including phenoxy) is 1. The number of nitrogens with zero attached hydrogens (tertiary/aromatic N) is 2. The third-order valence-electron chi connectivity index (χ3n) is 1.59. The first-order chi connectivity index (χ1) is 6.14. The molecule has 0 amide bonds. The Balaban J connectivity index is 2.44. The summed E-state index contributed by atoms with van der Waals surface area (Å²) < 4.78 is 5.38. The van der Waals surface area contributed by atoms with Crippen molar-refractivity contribution >= 4 is 0 Å². The van der Waals surface area contributed by atoms with Gasteiger partial charge in [-0.15, -0.1) is 0 Å². The summed E-state index contributed by atoms with van der Waals surface area (Å²) in [6.45, 7) is 4.41. The Labute approximate surface area is 77.6 Å². The minimum absolute atomic E-state index is 0.0979. The van der Waals surface area contributed by atoms with E-state index in [1.54, 1.807) is 12.4 Å². The number of rotatable bonds is 4. The van der Waals surface area contributed by atoms with Crippen molar-refractivity contribution in [1.29, 1.82) is 0 Å². The molecular weight excluding hydrogens is 168 g/mol. The summed E-state index contributed by atoms with van der Waals surface area (Å²) in [6, 6.07) is 0. The average molecular weight is 182 g/mol. The van der Waals surface area contributed by atoms with E-state index in [1.807, 2.05) is 13.8 Å². The van der Waals surface area contributed by atoms with Crippen molar-refractivity contribution in [2.45, 2.75) is 13.8 Å². The predicted octanol–water partition coefficient (Wildman–Crippen LogP) is 0.874. The molecule has 1 rings (SSSR count). The second-order valence-corrected chi connectivity index (χ2v) is 3.69. The van der Waals surface area contributed by atoms with Crippen LogP contribution in [0.1, 0.15) is 13.8 Å². The van der Waals surface area contributed by atoms with Gasteiger partial charge >= 0.3 is 0 Å². The van der Waals surface area contributed by atoms with Crippen LogP contribution in [-0.2, 0) is 0 Å². The summed E-state index contributed by atoms with van der Waals surface area (Å²) >= 11 is 0. The lowest BCUT2D eigenvalue weighted by atomic mass is 9.97. The smallest absolute Gasteiger partial charge is 0.155 e. The molecule has 0 aliphatic rings. The Morgan fingerprint density at radius 2 is 2.00 bits per heavy atom. The first kappa shape index (κ1) is 9.92. The molecular formula is C9H14N2O2. The zero-order chi connectivity index (χ0) is 9.73. The highest BCUT2D eigenvalue weighted by Crippen LogP contribution is 2.15. The first-order valence-electron chi connectivity index (χ1n) is 4.13. The van der Waals surface area contributed by atoms with Gasteiger partial charge in [0.2, 0.25) is 0 Å². The normalized spacial score (nSPS) is 11.3. The lowest BCUT2D eigenvalue weighted by molar-refractivity contribution is 0.0971. The Morgan fingerprint density at radius 3 is 2.54 bits per heavy atom. The molecule has 1 heterocycles. The highest BCUT2D eigenvalue weighted by molar-refractivity contribution is 5.09. The van der Waals surface area contributed by atoms with Crippen LogP contribution in [0.2, 0.25) is 0 Å². The first-order valence-corrected chi connectivity index (χ1v) is 4.13. The second kappa shape index (κ2) is 4.18. The van der Waals surface area contributed by atoms with E-state index < -0.39 is 0 Å². The summed E-state index contributed by atoms with van der Waals surface area (Å²) in [5.41, 5.74) is -0.226. The molecule has 0 bridgehead atoms. The SMILES string of the molecule is CC(C)(CO)COc1cncnc1. The van der Waals surface area contributed by atoms with Gasteiger partial charge in [0.05, 0.1) is 25.6 Å². The van der Waals surface area contributed by atoms with Gasteiger partial charge in [-0.1, -0.05) is 13.8 Å². The minimum Gasteiger partial charge on any atom is -0.490 e. The van der Waals surface area contributed by atoms with Gasteiger partial charge in [0.15, 0.2) is 5.75 Å². The van der Waals surface area contributed by atoms with Crippen LogP contribution in [0.25, 0.3) is 0 Å². The van der Waals surface area contributed by atoms with Gasteiger partial charge in [0, 0.05) is 5.41 Å². The van der Waals surface area contributed by atoms with Crippen LogP contribution >= 0.6 is 0 Å². The zero-order valence-corrected chi connectivity index (χ0v) is 7.90. The quantitative estimate of drug-likeness (QED) is 0.750. The fourth-order valence-corrected chi connectivity index (χ4v) is 0.684. The van der Waals surface area contributed by atoms with E-state index in [2.05, 4.69) is 9.97 Å². The molecule has 1 N–H and O–H groups in total. The Bertz CT molecular complexity index is 249. The Kier molecular flexibility index (Phi) is 3.19. The molecule has 1 aromatic heterocycles. The Morgan fingerprint density at radius 1 is 1.38 bits per heavy atom. The van der Waals surface area contributed by atoms with E-state index in [0.29, 0.717) is 12.4 Å². The van der Waals surface area contributed by atoms with Crippen LogP contribution in [0.5, 0.6) is 5.75 Å². The van der Waals surface area contributed by atoms with Gasteiger partial charge < -0.3 is 9.84 Å². The molecule has 0 atom stereocenters. The molecule has 0 aliphatic carbocycles. The standard InChI is InChI=1S/C9H14N2O2/c1-9(2,5-12)6-13-8-3-10-7-11-4-8/h3-4,7,12H,5-6H2,1-2H3.